The SMILES string of the molecule is CC(NCC(O)c1ccc(F)cc1)c1ccc(F)cc1N(C)C. The third kappa shape index (κ3) is 4.50. The molecule has 3 nitrogen and oxygen atoms in total. The van der Waals surface area contributed by atoms with Crippen LogP contribution in [0.3, 0.4) is 0 Å². The van der Waals surface area contributed by atoms with E-state index in [9.17, 15) is 13.9 Å². The lowest BCUT2D eigenvalue weighted by molar-refractivity contribution is 0.170. The van der Waals surface area contributed by atoms with E-state index in [1.807, 2.05) is 25.9 Å². The monoisotopic (exact) mass is 320 g/mol. The van der Waals surface area contributed by atoms with Gasteiger partial charge in [0.2, 0.25) is 0 Å². The number of anilines is 1. The van der Waals surface area contributed by atoms with Gasteiger partial charge < -0.3 is 15.3 Å². The average molecular weight is 320 g/mol. The number of aliphatic hydroxyl groups excluding tert-OH is 1. The number of nitrogens with one attached hydrogen (secondary N) is 1. The highest BCUT2D eigenvalue weighted by Gasteiger charge is 2.15. The van der Waals surface area contributed by atoms with Gasteiger partial charge in [-0.1, -0.05) is 18.2 Å². The second kappa shape index (κ2) is 7.53. The van der Waals surface area contributed by atoms with Crippen LogP contribution in [-0.2, 0) is 0 Å². The van der Waals surface area contributed by atoms with Crippen LogP contribution >= 0.6 is 0 Å². The third-order valence-electron chi connectivity index (χ3n) is 3.81. The number of hydrogen-bond acceptors (Lipinski definition) is 3. The summed E-state index contributed by atoms with van der Waals surface area (Å²) in [5, 5.41) is 13.4. The second-order valence-electron chi connectivity index (χ2n) is 5.79. The molecular formula is C18H22F2N2O. The van der Waals surface area contributed by atoms with E-state index in [0.29, 0.717) is 12.1 Å². The van der Waals surface area contributed by atoms with Crippen LogP contribution < -0.4 is 10.2 Å². The Labute approximate surface area is 135 Å². The number of rotatable bonds is 6. The Bertz CT molecular complexity index is 644. The first-order valence-electron chi connectivity index (χ1n) is 7.52. The summed E-state index contributed by atoms with van der Waals surface area (Å²) in [5.41, 5.74) is 2.39. The van der Waals surface area contributed by atoms with Gasteiger partial charge in [-0.25, -0.2) is 8.78 Å². The maximum Gasteiger partial charge on any atom is 0.125 e. The van der Waals surface area contributed by atoms with Crippen molar-refractivity contribution >= 4 is 5.69 Å². The van der Waals surface area contributed by atoms with E-state index in [1.54, 1.807) is 18.2 Å². The summed E-state index contributed by atoms with van der Waals surface area (Å²) in [5.74, 6) is -0.611. The Morgan fingerprint density at radius 3 is 2.26 bits per heavy atom. The van der Waals surface area contributed by atoms with Crippen LogP contribution in [0.2, 0.25) is 0 Å². The summed E-state index contributed by atoms with van der Waals surface area (Å²) in [7, 11) is 3.72. The van der Waals surface area contributed by atoms with Gasteiger partial charge in [-0.15, -0.1) is 0 Å². The van der Waals surface area contributed by atoms with Gasteiger partial charge in [-0.05, 0) is 42.3 Å². The van der Waals surface area contributed by atoms with Gasteiger partial charge in [0.1, 0.15) is 11.6 Å². The highest BCUT2D eigenvalue weighted by atomic mass is 19.1. The van der Waals surface area contributed by atoms with Crippen molar-refractivity contribution < 1.29 is 13.9 Å². The molecule has 2 N–H and O–H groups in total. The second-order valence-corrected chi connectivity index (χ2v) is 5.79. The molecule has 0 amide bonds. The van der Waals surface area contributed by atoms with Gasteiger partial charge in [0, 0.05) is 32.4 Å². The molecule has 0 aliphatic heterocycles. The summed E-state index contributed by atoms with van der Waals surface area (Å²) >= 11 is 0. The molecule has 2 atom stereocenters. The molecule has 0 aromatic heterocycles. The molecule has 0 spiro atoms. The summed E-state index contributed by atoms with van der Waals surface area (Å²) in [6.07, 6.45) is -0.735. The predicted octanol–water partition coefficient (Wildman–Crippen LogP) is 3.42. The topological polar surface area (TPSA) is 35.5 Å². The van der Waals surface area contributed by atoms with Crippen molar-refractivity contribution in [3.63, 3.8) is 0 Å². The van der Waals surface area contributed by atoms with E-state index in [0.717, 1.165) is 11.3 Å². The van der Waals surface area contributed by atoms with Crippen molar-refractivity contribution in [1.82, 2.24) is 5.32 Å². The molecule has 0 aliphatic rings. The zero-order valence-corrected chi connectivity index (χ0v) is 13.6. The van der Waals surface area contributed by atoms with Crippen LogP contribution in [0.15, 0.2) is 42.5 Å². The normalized spacial score (nSPS) is 13.7. The van der Waals surface area contributed by atoms with Crippen LogP contribution in [0.1, 0.15) is 30.2 Å². The first kappa shape index (κ1) is 17.4. The van der Waals surface area contributed by atoms with E-state index in [-0.39, 0.29) is 17.7 Å². The molecule has 0 saturated heterocycles. The lowest BCUT2D eigenvalue weighted by atomic mass is 10.0. The maximum absolute atomic E-state index is 13.4. The van der Waals surface area contributed by atoms with Crippen LogP contribution in [0.4, 0.5) is 14.5 Å². The quantitative estimate of drug-likeness (QED) is 0.856. The Hall–Kier alpha value is -1.98. The van der Waals surface area contributed by atoms with E-state index in [1.165, 1.54) is 24.3 Å². The average Bonchev–Trinajstić information content (AvgIpc) is 2.52. The van der Waals surface area contributed by atoms with E-state index in [2.05, 4.69) is 5.32 Å². The van der Waals surface area contributed by atoms with Crippen LogP contribution in [0, 0.1) is 11.6 Å². The largest absolute Gasteiger partial charge is 0.387 e. The molecule has 23 heavy (non-hydrogen) atoms. The first-order chi connectivity index (χ1) is 10.9. The Kier molecular flexibility index (Phi) is 5.69. The van der Waals surface area contributed by atoms with Gasteiger partial charge in [-0.2, -0.15) is 0 Å². The van der Waals surface area contributed by atoms with Gasteiger partial charge >= 0.3 is 0 Å². The Morgan fingerprint density at radius 2 is 1.65 bits per heavy atom. The fourth-order valence-corrected chi connectivity index (χ4v) is 2.47. The lowest BCUT2D eigenvalue weighted by Crippen LogP contribution is -2.26. The first-order valence-corrected chi connectivity index (χ1v) is 7.52. The maximum atomic E-state index is 13.4. The van der Waals surface area contributed by atoms with E-state index >= 15 is 0 Å². The zero-order valence-electron chi connectivity index (χ0n) is 13.6. The van der Waals surface area contributed by atoms with Crippen LogP contribution in [0.5, 0.6) is 0 Å². The predicted molar refractivity (Wildman–Crippen MR) is 88.5 cm³/mol. The molecule has 2 aromatic carbocycles. The molecule has 0 bridgehead atoms. The van der Waals surface area contributed by atoms with Crippen molar-refractivity contribution in [3.8, 4) is 0 Å². The fourth-order valence-electron chi connectivity index (χ4n) is 2.47. The van der Waals surface area contributed by atoms with Gasteiger partial charge in [0.15, 0.2) is 0 Å². The van der Waals surface area contributed by atoms with Gasteiger partial charge in [0.25, 0.3) is 0 Å². The smallest absolute Gasteiger partial charge is 0.125 e. The fraction of sp³-hybridized carbons (Fsp3) is 0.333. The molecule has 0 heterocycles. The zero-order chi connectivity index (χ0) is 17.0. The van der Waals surface area contributed by atoms with Crippen molar-refractivity contribution in [2.24, 2.45) is 0 Å². The summed E-state index contributed by atoms with van der Waals surface area (Å²) in [6.45, 7) is 2.27. The minimum Gasteiger partial charge on any atom is -0.387 e. The highest BCUT2D eigenvalue weighted by Crippen LogP contribution is 2.26. The van der Waals surface area contributed by atoms with Crippen molar-refractivity contribution in [3.05, 3.63) is 65.2 Å². The molecule has 0 saturated carbocycles. The van der Waals surface area contributed by atoms with Crippen LogP contribution in [0.25, 0.3) is 0 Å². The third-order valence-corrected chi connectivity index (χ3v) is 3.81. The molecule has 0 radical (unpaired) electrons. The van der Waals surface area contributed by atoms with E-state index < -0.39 is 6.10 Å². The molecule has 0 aliphatic carbocycles. The molecular weight excluding hydrogens is 298 g/mol. The number of halogens is 2. The molecule has 2 unspecified atom stereocenters. The number of benzene rings is 2. The molecule has 5 heteroatoms. The van der Waals surface area contributed by atoms with Crippen molar-refractivity contribution in [2.75, 3.05) is 25.5 Å². The molecule has 0 fully saturated rings. The van der Waals surface area contributed by atoms with Crippen LogP contribution in [-0.4, -0.2) is 25.7 Å². The van der Waals surface area contributed by atoms with Crippen molar-refractivity contribution in [2.45, 2.75) is 19.1 Å². The highest BCUT2D eigenvalue weighted by molar-refractivity contribution is 5.54. The standard InChI is InChI=1S/C18H22F2N2O/c1-12(16-9-8-15(20)10-17(16)22(2)3)21-11-18(23)13-4-6-14(19)7-5-13/h4-10,12,18,21,23H,11H2,1-3H3. The Balaban J connectivity index is 2.04. The lowest BCUT2D eigenvalue weighted by Gasteiger charge is -2.23. The molecule has 124 valence electrons. The van der Waals surface area contributed by atoms with E-state index in [4.69, 9.17) is 0 Å². The minimum absolute atomic E-state index is 0.0666. The molecule has 2 rings (SSSR count). The number of nitrogens with zero attached hydrogens (tertiary/aromatic N) is 1. The van der Waals surface area contributed by atoms with Gasteiger partial charge in [0.05, 0.1) is 6.10 Å². The summed E-state index contributed by atoms with van der Waals surface area (Å²) in [4.78, 5) is 1.85. The summed E-state index contributed by atoms with van der Waals surface area (Å²) in [6, 6.07) is 10.4. The van der Waals surface area contributed by atoms with Crippen molar-refractivity contribution in [1.29, 1.82) is 0 Å². The summed E-state index contributed by atoms with van der Waals surface area (Å²) < 4.78 is 26.3. The number of aliphatic hydroxyl groups is 1. The molecule has 2 aromatic rings. The van der Waals surface area contributed by atoms with Gasteiger partial charge in [-0.3, -0.25) is 0 Å². The number of hydrogen-bond donors (Lipinski definition) is 2. The minimum atomic E-state index is -0.735. The Morgan fingerprint density at radius 1 is 1.04 bits per heavy atom.